The van der Waals surface area contributed by atoms with Crippen LogP contribution in [-0.4, -0.2) is 23.0 Å². The maximum atomic E-state index is 12.2. The molecule has 2 rings (SSSR count). The first kappa shape index (κ1) is 15.8. The molecule has 0 heterocycles. The van der Waals surface area contributed by atoms with Crippen molar-refractivity contribution >= 4 is 40.0 Å². The van der Waals surface area contributed by atoms with Crippen molar-refractivity contribution in [1.82, 2.24) is 0 Å². The zero-order valence-electron chi connectivity index (χ0n) is 11.2. The maximum absolute atomic E-state index is 12.2. The van der Waals surface area contributed by atoms with Crippen molar-refractivity contribution in [3.8, 4) is 0 Å². The fourth-order valence-electron chi connectivity index (χ4n) is 2.14. The molecule has 0 bridgehead atoms. The van der Waals surface area contributed by atoms with Crippen molar-refractivity contribution in [2.45, 2.75) is 25.0 Å². The molecule has 0 spiro atoms. The van der Waals surface area contributed by atoms with Gasteiger partial charge in [-0.1, -0.05) is 29.3 Å². The van der Waals surface area contributed by atoms with Crippen molar-refractivity contribution in [3.05, 3.63) is 33.8 Å². The third-order valence-electron chi connectivity index (χ3n) is 3.48. The summed E-state index contributed by atoms with van der Waals surface area (Å²) in [5.41, 5.74) is 0.778. The Morgan fingerprint density at radius 3 is 2.60 bits per heavy atom. The van der Waals surface area contributed by atoms with Crippen LogP contribution in [0.3, 0.4) is 0 Å². The predicted molar refractivity (Wildman–Crippen MR) is 81.5 cm³/mol. The molecular formula is C14H16Cl2O3S. The molecule has 110 valence electrons. The van der Waals surface area contributed by atoms with Crippen molar-refractivity contribution in [1.29, 1.82) is 0 Å². The van der Waals surface area contributed by atoms with E-state index in [0.717, 1.165) is 18.4 Å². The monoisotopic (exact) mass is 334 g/mol. The normalized spacial score (nSPS) is 17.6. The van der Waals surface area contributed by atoms with Crippen LogP contribution in [0.25, 0.3) is 0 Å². The molecule has 1 aliphatic rings. The summed E-state index contributed by atoms with van der Waals surface area (Å²) < 4.78 is 16.9. The number of esters is 1. The SMILES string of the molecule is COC(=O)CC1(CS(=O)Cc2ccc(Cl)c(Cl)c2)CC1. The first-order chi connectivity index (χ1) is 9.44. The highest BCUT2D eigenvalue weighted by atomic mass is 35.5. The number of carbonyl (C=O) groups is 1. The van der Waals surface area contributed by atoms with Gasteiger partial charge in [0.15, 0.2) is 0 Å². The van der Waals surface area contributed by atoms with Gasteiger partial charge in [0.25, 0.3) is 0 Å². The van der Waals surface area contributed by atoms with Crippen LogP contribution in [-0.2, 0) is 26.1 Å². The van der Waals surface area contributed by atoms with E-state index in [-0.39, 0.29) is 11.4 Å². The van der Waals surface area contributed by atoms with Gasteiger partial charge >= 0.3 is 5.97 Å². The molecule has 6 heteroatoms. The number of hydrogen-bond acceptors (Lipinski definition) is 3. The Morgan fingerprint density at radius 2 is 2.05 bits per heavy atom. The Hall–Kier alpha value is -0.580. The average molecular weight is 335 g/mol. The molecule has 1 atom stereocenters. The Morgan fingerprint density at radius 1 is 1.35 bits per heavy atom. The second-order valence-electron chi connectivity index (χ2n) is 5.23. The average Bonchev–Trinajstić information content (AvgIpc) is 3.13. The van der Waals surface area contributed by atoms with E-state index in [4.69, 9.17) is 23.2 Å². The molecule has 1 unspecified atom stereocenters. The molecule has 1 fully saturated rings. The Balaban J connectivity index is 1.92. The quantitative estimate of drug-likeness (QED) is 0.746. The van der Waals surface area contributed by atoms with Crippen molar-refractivity contribution in [2.75, 3.05) is 12.9 Å². The highest BCUT2D eigenvalue weighted by Gasteiger charge is 2.45. The van der Waals surface area contributed by atoms with Gasteiger partial charge in [0, 0.05) is 22.3 Å². The number of carbonyl (C=O) groups excluding carboxylic acids is 1. The topological polar surface area (TPSA) is 43.4 Å². The molecule has 1 aromatic carbocycles. The number of rotatable bonds is 6. The predicted octanol–water partition coefficient (Wildman–Crippen LogP) is 3.59. The van der Waals surface area contributed by atoms with E-state index in [2.05, 4.69) is 4.74 Å². The highest BCUT2D eigenvalue weighted by Crippen LogP contribution is 2.49. The summed E-state index contributed by atoms with van der Waals surface area (Å²) in [6.45, 7) is 0. The Bertz CT molecular complexity index is 541. The molecule has 1 saturated carbocycles. The molecule has 1 aromatic rings. The lowest BCUT2D eigenvalue weighted by atomic mass is 10.1. The summed E-state index contributed by atoms with van der Waals surface area (Å²) in [6.07, 6.45) is 2.24. The van der Waals surface area contributed by atoms with E-state index in [1.165, 1.54) is 7.11 Å². The van der Waals surface area contributed by atoms with Crippen LogP contribution in [0.2, 0.25) is 10.0 Å². The van der Waals surface area contributed by atoms with Crippen LogP contribution in [0.4, 0.5) is 0 Å². The van der Waals surface area contributed by atoms with E-state index in [9.17, 15) is 9.00 Å². The van der Waals surface area contributed by atoms with Gasteiger partial charge in [0.2, 0.25) is 0 Å². The van der Waals surface area contributed by atoms with E-state index in [1.54, 1.807) is 12.1 Å². The van der Waals surface area contributed by atoms with Gasteiger partial charge in [-0.25, -0.2) is 0 Å². The summed E-state index contributed by atoms with van der Waals surface area (Å²) in [6, 6.07) is 5.27. The van der Waals surface area contributed by atoms with Crippen LogP contribution < -0.4 is 0 Å². The minimum Gasteiger partial charge on any atom is -0.469 e. The number of ether oxygens (including phenoxy) is 1. The molecule has 1 aliphatic carbocycles. The van der Waals surface area contributed by atoms with Crippen LogP contribution in [0.1, 0.15) is 24.8 Å². The summed E-state index contributed by atoms with van der Waals surface area (Å²) in [7, 11) is 0.359. The fourth-order valence-corrected chi connectivity index (χ4v) is 4.18. The fraction of sp³-hybridized carbons (Fsp3) is 0.500. The minimum absolute atomic E-state index is 0.117. The third-order valence-corrected chi connectivity index (χ3v) is 5.81. The van der Waals surface area contributed by atoms with Gasteiger partial charge in [0.05, 0.1) is 23.6 Å². The van der Waals surface area contributed by atoms with Crippen LogP contribution in [0.5, 0.6) is 0 Å². The molecule has 3 nitrogen and oxygen atoms in total. The smallest absolute Gasteiger partial charge is 0.306 e. The number of hydrogen-bond donors (Lipinski definition) is 0. The largest absolute Gasteiger partial charge is 0.469 e. The lowest BCUT2D eigenvalue weighted by molar-refractivity contribution is -0.141. The van der Waals surface area contributed by atoms with Gasteiger partial charge < -0.3 is 4.74 Å². The lowest BCUT2D eigenvalue weighted by Crippen LogP contribution is -2.18. The first-order valence-electron chi connectivity index (χ1n) is 6.30. The van der Waals surface area contributed by atoms with Crippen LogP contribution >= 0.6 is 23.2 Å². The second kappa shape index (κ2) is 6.46. The van der Waals surface area contributed by atoms with Crippen molar-refractivity contribution in [2.24, 2.45) is 5.41 Å². The summed E-state index contributed by atoms with van der Waals surface area (Å²) >= 11 is 11.8. The number of benzene rings is 1. The molecule has 0 aromatic heterocycles. The summed E-state index contributed by atoms with van der Waals surface area (Å²) in [5.74, 6) is 0.733. The van der Waals surface area contributed by atoms with Gasteiger partial charge in [-0.15, -0.1) is 0 Å². The Labute approximate surface area is 131 Å². The Kier molecular flexibility index (Phi) is 5.10. The summed E-state index contributed by atoms with van der Waals surface area (Å²) in [4.78, 5) is 11.3. The third kappa shape index (κ3) is 4.21. The number of halogens is 2. The lowest BCUT2D eigenvalue weighted by Gasteiger charge is -2.13. The summed E-state index contributed by atoms with van der Waals surface area (Å²) in [5, 5.41) is 0.961. The zero-order valence-corrected chi connectivity index (χ0v) is 13.5. The molecule has 0 N–H and O–H groups in total. The van der Waals surface area contributed by atoms with E-state index in [0.29, 0.717) is 28.0 Å². The van der Waals surface area contributed by atoms with Crippen LogP contribution in [0.15, 0.2) is 18.2 Å². The standard InChI is InChI=1S/C14H16Cl2O3S/c1-19-13(17)7-14(4-5-14)9-20(18)8-10-2-3-11(15)12(16)6-10/h2-3,6H,4-5,7-9H2,1H3. The van der Waals surface area contributed by atoms with Crippen molar-refractivity contribution in [3.63, 3.8) is 0 Å². The van der Waals surface area contributed by atoms with Gasteiger partial charge in [-0.05, 0) is 36.0 Å². The van der Waals surface area contributed by atoms with Crippen LogP contribution in [0, 0.1) is 5.41 Å². The molecule has 0 amide bonds. The van der Waals surface area contributed by atoms with E-state index in [1.807, 2.05) is 6.07 Å². The maximum Gasteiger partial charge on any atom is 0.306 e. The highest BCUT2D eigenvalue weighted by molar-refractivity contribution is 7.84. The molecule has 20 heavy (non-hydrogen) atoms. The molecule has 0 saturated heterocycles. The van der Waals surface area contributed by atoms with E-state index >= 15 is 0 Å². The molecule has 0 aliphatic heterocycles. The second-order valence-corrected chi connectivity index (χ2v) is 7.50. The van der Waals surface area contributed by atoms with Gasteiger partial charge in [-0.3, -0.25) is 9.00 Å². The first-order valence-corrected chi connectivity index (χ1v) is 8.54. The van der Waals surface area contributed by atoms with E-state index < -0.39 is 10.8 Å². The molecular weight excluding hydrogens is 319 g/mol. The minimum atomic E-state index is -1.02. The van der Waals surface area contributed by atoms with Crippen molar-refractivity contribution < 1.29 is 13.7 Å². The van der Waals surface area contributed by atoms with Gasteiger partial charge in [0.1, 0.15) is 0 Å². The number of methoxy groups -OCH3 is 1. The molecule has 0 radical (unpaired) electrons. The zero-order chi connectivity index (χ0) is 14.8. The van der Waals surface area contributed by atoms with Gasteiger partial charge in [-0.2, -0.15) is 0 Å².